The molecule has 2 aromatic rings. The minimum Gasteiger partial charge on any atom is -0.374 e. The van der Waals surface area contributed by atoms with Crippen molar-refractivity contribution in [2.24, 2.45) is 0 Å². The van der Waals surface area contributed by atoms with Crippen LogP contribution in [-0.4, -0.2) is 38.3 Å². The molecule has 2 N–H and O–H groups in total. The molecule has 0 saturated carbocycles. The van der Waals surface area contributed by atoms with Crippen LogP contribution in [-0.2, 0) is 4.74 Å². The third kappa shape index (κ3) is 5.16. The lowest BCUT2D eigenvalue weighted by Crippen LogP contribution is -2.45. The smallest absolute Gasteiger partial charge is 0.251 e. The van der Waals surface area contributed by atoms with Gasteiger partial charge in [-0.1, -0.05) is 23.7 Å². The Labute approximate surface area is 157 Å². The predicted molar refractivity (Wildman–Crippen MR) is 99.0 cm³/mol. The zero-order valence-corrected chi connectivity index (χ0v) is 15.0. The number of ether oxygens (including phenoxy) is 1. The second kappa shape index (κ2) is 9.15. The zero-order valence-electron chi connectivity index (χ0n) is 13.4. The summed E-state index contributed by atoms with van der Waals surface area (Å²) in [6.45, 7) is 2.62. The van der Waals surface area contributed by atoms with E-state index in [-0.39, 0.29) is 30.2 Å². The molecule has 4 nitrogen and oxygen atoms in total. The molecule has 1 heterocycles. The summed E-state index contributed by atoms with van der Waals surface area (Å²) in [5, 5.41) is 6.51. The minimum absolute atomic E-state index is 0. The number of halogens is 3. The molecule has 25 heavy (non-hydrogen) atoms. The van der Waals surface area contributed by atoms with Gasteiger partial charge in [-0.15, -0.1) is 12.4 Å². The standard InChI is InChI=1S/C18H18ClFN2O2.ClH/c19-14-4-5-17(20)16(9-14)12-2-1-3-13(8-12)18(23)22-11-15-10-21-6-7-24-15;/h1-5,8-9,15,21H,6-7,10-11H2,(H,22,23);1H. The molecule has 3 rings (SSSR count). The molecule has 0 aromatic heterocycles. The molecule has 1 atom stereocenters. The average molecular weight is 385 g/mol. The van der Waals surface area contributed by atoms with Gasteiger partial charge in [0.25, 0.3) is 5.91 Å². The van der Waals surface area contributed by atoms with Crippen LogP contribution in [0.3, 0.4) is 0 Å². The van der Waals surface area contributed by atoms with Crippen LogP contribution in [0.5, 0.6) is 0 Å². The van der Waals surface area contributed by atoms with E-state index in [0.29, 0.717) is 41.4 Å². The van der Waals surface area contributed by atoms with Gasteiger partial charge < -0.3 is 15.4 Å². The van der Waals surface area contributed by atoms with Crippen molar-refractivity contribution in [1.82, 2.24) is 10.6 Å². The number of morpholine rings is 1. The first-order chi connectivity index (χ1) is 11.6. The van der Waals surface area contributed by atoms with Crippen molar-refractivity contribution in [1.29, 1.82) is 0 Å². The fourth-order valence-corrected chi connectivity index (χ4v) is 2.78. The lowest BCUT2D eigenvalue weighted by molar-refractivity contribution is 0.0287. The van der Waals surface area contributed by atoms with Crippen molar-refractivity contribution in [2.45, 2.75) is 6.10 Å². The Bertz CT molecular complexity index is 737. The molecule has 0 aliphatic carbocycles. The summed E-state index contributed by atoms with van der Waals surface area (Å²) in [6.07, 6.45) is -0.0312. The molecule has 1 fully saturated rings. The fourth-order valence-electron chi connectivity index (χ4n) is 2.61. The lowest BCUT2D eigenvalue weighted by atomic mass is 10.0. The van der Waals surface area contributed by atoms with Crippen molar-refractivity contribution >= 4 is 29.9 Å². The van der Waals surface area contributed by atoms with E-state index in [1.54, 1.807) is 30.3 Å². The normalized spacial score (nSPS) is 16.8. The van der Waals surface area contributed by atoms with Gasteiger partial charge in [-0.3, -0.25) is 4.79 Å². The largest absolute Gasteiger partial charge is 0.374 e. The van der Waals surface area contributed by atoms with E-state index in [1.807, 2.05) is 0 Å². The van der Waals surface area contributed by atoms with Gasteiger partial charge in [0.15, 0.2) is 0 Å². The first-order valence-electron chi connectivity index (χ1n) is 7.79. The number of hydrogen-bond acceptors (Lipinski definition) is 3. The number of hydrogen-bond donors (Lipinski definition) is 2. The van der Waals surface area contributed by atoms with Gasteiger partial charge in [0.1, 0.15) is 5.82 Å². The topological polar surface area (TPSA) is 50.4 Å². The molecule has 134 valence electrons. The summed E-state index contributed by atoms with van der Waals surface area (Å²) >= 11 is 5.94. The van der Waals surface area contributed by atoms with Crippen LogP contribution >= 0.6 is 24.0 Å². The van der Waals surface area contributed by atoms with E-state index >= 15 is 0 Å². The molecule has 1 aliphatic rings. The van der Waals surface area contributed by atoms with E-state index < -0.39 is 0 Å². The summed E-state index contributed by atoms with van der Waals surface area (Å²) in [7, 11) is 0. The van der Waals surface area contributed by atoms with Crippen LogP contribution in [0.1, 0.15) is 10.4 Å². The van der Waals surface area contributed by atoms with Gasteiger partial charge in [0.2, 0.25) is 0 Å². The van der Waals surface area contributed by atoms with E-state index in [1.165, 1.54) is 12.1 Å². The SMILES string of the molecule is Cl.O=C(NCC1CNCCO1)c1cccc(-c2cc(Cl)ccc2F)c1. The highest BCUT2D eigenvalue weighted by Gasteiger charge is 2.15. The Morgan fingerprint density at radius 2 is 2.16 bits per heavy atom. The summed E-state index contributed by atoms with van der Waals surface area (Å²) in [4.78, 5) is 12.3. The Kier molecular flexibility index (Phi) is 7.20. The van der Waals surface area contributed by atoms with Gasteiger partial charge in [0.05, 0.1) is 12.7 Å². The third-order valence-electron chi connectivity index (χ3n) is 3.86. The molecule has 2 aromatic carbocycles. The summed E-state index contributed by atoms with van der Waals surface area (Å²) in [6, 6.07) is 11.2. The lowest BCUT2D eigenvalue weighted by Gasteiger charge is -2.23. The van der Waals surface area contributed by atoms with Gasteiger partial charge in [-0.05, 0) is 35.9 Å². The van der Waals surface area contributed by atoms with E-state index in [9.17, 15) is 9.18 Å². The molecule has 0 bridgehead atoms. The summed E-state index contributed by atoms with van der Waals surface area (Å²) in [5.74, 6) is -0.591. The van der Waals surface area contributed by atoms with Crippen LogP contribution in [0.2, 0.25) is 5.02 Å². The van der Waals surface area contributed by atoms with Gasteiger partial charge >= 0.3 is 0 Å². The molecule has 0 spiro atoms. The minimum atomic E-state index is -0.376. The van der Waals surface area contributed by atoms with Crippen LogP contribution < -0.4 is 10.6 Å². The Balaban J connectivity index is 0.00000225. The van der Waals surface area contributed by atoms with Gasteiger partial charge in [-0.2, -0.15) is 0 Å². The predicted octanol–water partition coefficient (Wildman–Crippen LogP) is 3.29. The second-order valence-electron chi connectivity index (χ2n) is 5.61. The third-order valence-corrected chi connectivity index (χ3v) is 4.09. The maximum atomic E-state index is 14.0. The Morgan fingerprint density at radius 3 is 2.92 bits per heavy atom. The first-order valence-corrected chi connectivity index (χ1v) is 8.17. The monoisotopic (exact) mass is 384 g/mol. The number of nitrogens with one attached hydrogen (secondary N) is 2. The average Bonchev–Trinajstić information content (AvgIpc) is 2.62. The number of rotatable bonds is 4. The van der Waals surface area contributed by atoms with E-state index in [2.05, 4.69) is 10.6 Å². The van der Waals surface area contributed by atoms with E-state index in [0.717, 1.165) is 6.54 Å². The van der Waals surface area contributed by atoms with Crippen LogP contribution in [0.4, 0.5) is 4.39 Å². The van der Waals surface area contributed by atoms with Gasteiger partial charge in [0, 0.05) is 35.8 Å². The highest BCUT2D eigenvalue weighted by Crippen LogP contribution is 2.26. The number of amides is 1. The quantitative estimate of drug-likeness (QED) is 0.850. The molecule has 7 heteroatoms. The molecule has 1 unspecified atom stereocenters. The molecule has 0 radical (unpaired) electrons. The first kappa shape index (κ1) is 19.7. The molecule has 1 saturated heterocycles. The Morgan fingerprint density at radius 1 is 1.32 bits per heavy atom. The highest BCUT2D eigenvalue weighted by molar-refractivity contribution is 6.30. The molecule has 1 amide bonds. The summed E-state index contributed by atoms with van der Waals surface area (Å²) in [5.41, 5.74) is 1.45. The molecular weight excluding hydrogens is 366 g/mol. The van der Waals surface area contributed by atoms with Crippen molar-refractivity contribution in [2.75, 3.05) is 26.2 Å². The molecule has 1 aliphatic heterocycles. The number of carbonyl (C=O) groups excluding carboxylic acids is 1. The number of benzene rings is 2. The maximum Gasteiger partial charge on any atom is 0.251 e. The summed E-state index contributed by atoms with van der Waals surface area (Å²) < 4.78 is 19.5. The fraction of sp³-hybridized carbons (Fsp3) is 0.278. The van der Waals surface area contributed by atoms with Crippen molar-refractivity contribution < 1.29 is 13.9 Å². The van der Waals surface area contributed by atoms with Crippen LogP contribution in [0, 0.1) is 5.82 Å². The molecular formula is C18H19Cl2FN2O2. The van der Waals surface area contributed by atoms with Crippen LogP contribution in [0.25, 0.3) is 11.1 Å². The van der Waals surface area contributed by atoms with E-state index in [4.69, 9.17) is 16.3 Å². The maximum absolute atomic E-state index is 14.0. The van der Waals surface area contributed by atoms with Crippen molar-refractivity contribution in [3.05, 3.63) is 58.9 Å². The van der Waals surface area contributed by atoms with Crippen molar-refractivity contribution in [3.8, 4) is 11.1 Å². The van der Waals surface area contributed by atoms with Crippen LogP contribution in [0.15, 0.2) is 42.5 Å². The highest BCUT2D eigenvalue weighted by atomic mass is 35.5. The van der Waals surface area contributed by atoms with Gasteiger partial charge in [-0.25, -0.2) is 4.39 Å². The zero-order chi connectivity index (χ0) is 16.9. The number of carbonyl (C=O) groups is 1. The Hall–Kier alpha value is -1.66. The van der Waals surface area contributed by atoms with Crippen molar-refractivity contribution in [3.63, 3.8) is 0 Å². The second-order valence-corrected chi connectivity index (χ2v) is 6.05.